The van der Waals surface area contributed by atoms with Gasteiger partial charge in [0.1, 0.15) is 12.1 Å². The van der Waals surface area contributed by atoms with Gasteiger partial charge in [0.15, 0.2) is 5.82 Å². The number of benzene rings is 1. The van der Waals surface area contributed by atoms with Gasteiger partial charge in [0.25, 0.3) is 6.47 Å². The van der Waals surface area contributed by atoms with Crippen molar-refractivity contribution in [1.29, 1.82) is 0 Å². The monoisotopic (exact) mass is 399 g/mol. The molecule has 11 heteroatoms. The third kappa shape index (κ3) is 4.94. The van der Waals surface area contributed by atoms with Crippen molar-refractivity contribution in [3.8, 4) is 0 Å². The van der Waals surface area contributed by atoms with Crippen LogP contribution < -0.4 is 10.2 Å². The molecule has 0 spiro atoms. The zero-order valence-electron chi connectivity index (χ0n) is 15.9. The van der Waals surface area contributed by atoms with Crippen molar-refractivity contribution < 1.29 is 19.2 Å². The Hall–Kier alpha value is -3.76. The summed E-state index contributed by atoms with van der Waals surface area (Å²) in [4.78, 5) is 37.5. The number of nitrogens with one attached hydrogen (secondary N) is 1. The summed E-state index contributed by atoms with van der Waals surface area (Å²) in [5.74, 6) is 1.87. The Bertz CT molecular complexity index is 964. The van der Waals surface area contributed by atoms with Crippen LogP contribution >= 0.6 is 0 Å². The molecule has 0 bridgehead atoms. The number of hydrogen-bond donors (Lipinski definition) is 2. The van der Waals surface area contributed by atoms with Gasteiger partial charge in [0.2, 0.25) is 5.89 Å². The Labute approximate surface area is 166 Å². The quantitative estimate of drug-likeness (QED) is 0.619. The van der Waals surface area contributed by atoms with Gasteiger partial charge in [-0.2, -0.15) is 4.98 Å². The summed E-state index contributed by atoms with van der Waals surface area (Å²) in [6.45, 7) is 4.40. The number of anilines is 1. The van der Waals surface area contributed by atoms with Gasteiger partial charge in [0, 0.05) is 38.5 Å². The molecule has 3 heterocycles. The second-order valence-corrected chi connectivity index (χ2v) is 6.18. The van der Waals surface area contributed by atoms with E-state index in [-0.39, 0.29) is 19.0 Å². The van der Waals surface area contributed by atoms with E-state index in [1.807, 2.05) is 24.3 Å². The van der Waals surface area contributed by atoms with Crippen LogP contribution in [-0.2, 0) is 11.3 Å². The van der Waals surface area contributed by atoms with Crippen LogP contribution in [0.1, 0.15) is 11.7 Å². The minimum Gasteiger partial charge on any atom is -0.483 e. The van der Waals surface area contributed by atoms with Crippen molar-refractivity contribution in [3.05, 3.63) is 42.3 Å². The van der Waals surface area contributed by atoms with Crippen LogP contribution in [0.3, 0.4) is 0 Å². The van der Waals surface area contributed by atoms with Crippen molar-refractivity contribution in [2.24, 2.45) is 0 Å². The third-order valence-electron chi connectivity index (χ3n) is 4.36. The fourth-order valence-corrected chi connectivity index (χ4v) is 3.04. The standard InChI is InChI=1S/C17H19N7O2.CH2O2/c1-12-21-15(22-26-12)10-18-17(25)24-8-6-23(7-9-24)16-13-4-2-3-5-14(13)19-11-20-16;2-1-3/h2-5,11H,6-10H2,1H3,(H,18,25);1H,(H,2,3). The number of para-hydroxylation sites is 1. The van der Waals surface area contributed by atoms with Crippen LogP contribution in [0.2, 0.25) is 0 Å². The number of carbonyl (C=O) groups excluding carboxylic acids is 1. The summed E-state index contributed by atoms with van der Waals surface area (Å²) in [6, 6.07) is 7.82. The minimum atomic E-state index is -0.250. The highest BCUT2D eigenvalue weighted by molar-refractivity contribution is 5.89. The number of amides is 2. The van der Waals surface area contributed by atoms with E-state index in [9.17, 15) is 4.79 Å². The van der Waals surface area contributed by atoms with E-state index in [2.05, 4.69) is 30.3 Å². The minimum absolute atomic E-state index is 0.125. The second kappa shape index (κ2) is 9.44. The summed E-state index contributed by atoms with van der Waals surface area (Å²) in [5, 5.41) is 14.5. The van der Waals surface area contributed by atoms with Crippen LogP contribution in [0.15, 0.2) is 35.1 Å². The number of aryl methyl sites for hydroxylation is 1. The summed E-state index contributed by atoms with van der Waals surface area (Å²) in [7, 11) is 0. The number of hydrogen-bond acceptors (Lipinski definition) is 8. The first kappa shape index (κ1) is 20.0. The molecule has 1 aliphatic rings. The molecule has 4 rings (SSSR count). The first-order valence-corrected chi connectivity index (χ1v) is 8.97. The van der Waals surface area contributed by atoms with Gasteiger partial charge in [0.05, 0.1) is 12.1 Å². The second-order valence-electron chi connectivity index (χ2n) is 6.18. The maximum Gasteiger partial charge on any atom is 0.317 e. The van der Waals surface area contributed by atoms with E-state index in [0.29, 0.717) is 24.8 Å². The highest BCUT2D eigenvalue weighted by Crippen LogP contribution is 2.23. The molecular formula is C18H21N7O4. The summed E-state index contributed by atoms with van der Waals surface area (Å²) in [6.07, 6.45) is 1.59. The smallest absolute Gasteiger partial charge is 0.317 e. The molecule has 0 atom stereocenters. The number of nitrogens with zero attached hydrogens (tertiary/aromatic N) is 6. The summed E-state index contributed by atoms with van der Waals surface area (Å²) < 4.78 is 4.90. The molecule has 1 fully saturated rings. The lowest BCUT2D eigenvalue weighted by Crippen LogP contribution is -2.52. The number of rotatable bonds is 3. The van der Waals surface area contributed by atoms with E-state index in [0.717, 1.165) is 29.8 Å². The Morgan fingerprint density at radius 3 is 2.66 bits per heavy atom. The fourth-order valence-electron chi connectivity index (χ4n) is 3.04. The molecule has 2 aromatic heterocycles. The van der Waals surface area contributed by atoms with Crippen molar-refractivity contribution >= 4 is 29.2 Å². The van der Waals surface area contributed by atoms with Crippen molar-refractivity contribution in [2.75, 3.05) is 31.1 Å². The van der Waals surface area contributed by atoms with Gasteiger partial charge in [-0.25, -0.2) is 14.8 Å². The van der Waals surface area contributed by atoms with E-state index in [1.54, 1.807) is 18.2 Å². The molecule has 29 heavy (non-hydrogen) atoms. The van der Waals surface area contributed by atoms with E-state index in [4.69, 9.17) is 14.4 Å². The fraction of sp³-hybridized carbons (Fsp3) is 0.333. The normalized spacial score (nSPS) is 13.6. The zero-order chi connectivity index (χ0) is 20.6. The predicted octanol–water partition coefficient (Wildman–Crippen LogP) is 1.05. The van der Waals surface area contributed by atoms with E-state index < -0.39 is 0 Å². The molecule has 0 aliphatic carbocycles. The van der Waals surface area contributed by atoms with Crippen molar-refractivity contribution in [2.45, 2.75) is 13.5 Å². The largest absolute Gasteiger partial charge is 0.483 e. The molecule has 11 nitrogen and oxygen atoms in total. The maximum absolute atomic E-state index is 12.3. The van der Waals surface area contributed by atoms with Crippen LogP contribution in [0.25, 0.3) is 10.9 Å². The highest BCUT2D eigenvalue weighted by atomic mass is 16.5. The Kier molecular flexibility index (Phi) is 6.51. The Morgan fingerprint density at radius 2 is 1.97 bits per heavy atom. The lowest BCUT2D eigenvalue weighted by Gasteiger charge is -2.35. The van der Waals surface area contributed by atoms with Crippen LogP contribution in [0.4, 0.5) is 10.6 Å². The number of urea groups is 1. The van der Waals surface area contributed by atoms with Gasteiger partial charge in [-0.05, 0) is 12.1 Å². The topological polar surface area (TPSA) is 138 Å². The number of carboxylic acid groups (broad SMARTS) is 1. The van der Waals surface area contributed by atoms with E-state index >= 15 is 0 Å². The molecule has 0 saturated carbocycles. The first-order valence-electron chi connectivity index (χ1n) is 8.97. The first-order chi connectivity index (χ1) is 14.1. The van der Waals surface area contributed by atoms with Crippen LogP contribution in [-0.4, -0.2) is 68.8 Å². The van der Waals surface area contributed by atoms with Gasteiger partial charge >= 0.3 is 6.03 Å². The molecule has 1 aromatic carbocycles. The number of aromatic nitrogens is 4. The number of fused-ring (bicyclic) bond motifs is 1. The summed E-state index contributed by atoms with van der Waals surface area (Å²) >= 11 is 0. The molecule has 0 unspecified atom stereocenters. The highest BCUT2D eigenvalue weighted by Gasteiger charge is 2.23. The average molecular weight is 399 g/mol. The van der Waals surface area contributed by atoms with Crippen molar-refractivity contribution in [1.82, 2.24) is 30.3 Å². The SMILES string of the molecule is Cc1nc(CNC(=O)N2CCN(c3ncnc4ccccc34)CC2)no1.O=CO. The van der Waals surface area contributed by atoms with Gasteiger partial charge in [-0.1, -0.05) is 17.3 Å². The van der Waals surface area contributed by atoms with Gasteiger partial charge in [-0.3, -0.25) is 4.79 Å². The molecule has 1 saturated heterocycles. The van der Waals surface area contributed by atoms with E-state index in [1.165, 1.54) is 0 Å². The molecule has 3 aromatic rings. The lowest BCUT2D eigenvalue weighted by atomic mass is 10.2. The molecule has 2 amide bonds. The molecule has 0 radical (unpaired) electrons. The molecule has 152 valence electrons. The zero-order valence-corrected chi connectivity index (χ0v) is 15.9. The average Bonchev–Trinajstić information content (AvgIpc) is 3.17. The maximum atomic E-state index is 12.3. The van der Waals surface area contributed by atoms with Gasteiger partial charge in [-0.15, -0.1) is 0 Å². The third-order valence-corrected chi connectivity index (χ3v) is 4.36. The van der Waals surface area contributed by atoms with Gasteiger partial charge < -0.3 is 24.7 Å². The molecular weight excluding hydrogens is 378 g/mol. The van der Waals surface area contributed by atoms with Crippen molar-refractivity contribution in [3.63, 3.8) is 0 Å². The molecule has 2 N–H and O–H groups in total. The summed E-state index contributed by atoms with van der Waals surface area (Å²) in [5.41, 5.74) is 0.924. The van der Waals surface area contributed by atoms with Crippen LogP contribution in [0, 0.1) is 6.92 Å². The number of piperazine rings is 1. The molecule has 1 aliphatic heterocycles. The lowest BCUT2D eigenvalue weighted by molar-refractivity contribution is -0.122. The Balaban J connectivity index is 0.000000755. The van der Waals surface area contributed by atoms with Crippen LogP contribution in [0.5, 0.6) is 0 Å². The Morgan fingerprint density at radius 1 is 1.24 bits per heavy atom. The number of carbonyl (C=O) groups is 2. The predicted molar refractivity (Wildman–Crippen MR) is 103 cm³/mol.